The summed E-state index contributed by atoms with van der Waals surface area (Å²) in [6, 6.07) is 4.73. The highest BCUT2D eigenvalue weighted by Gasteiger charge is 2.08. The maximum Gasteiger partial charge on any atom is 0.328 e. The number of hydrogen-bond acceptors (Lipinski definition) is 5. The fourth-order valence-corrected chi connectivity index (χ4v) is 1.49. The second-order valence-corrected chi connectivity index (χ2v) is 3.59. The number of aromatic nitrogens is 4. The largest absolute Gasteiger partial charge is 0.508 e. The molecule has 2 N–H and O–H groups in total. The third kappa shape index (κ3) is 2.34. The quantitative estimate of drug-likeness (QED) is 0.776. The van der Waals surface area contributed by atoms with Gasteiger partial charge in [0.15, 0.2) is 5.82 Å². The number of aliphatic carboxylic acids is 1. The summed E-state index contributed by atoms with van der Waals surface area (Å²) in [6.07, 6.45) is 2.26. The molecule has 0 fully saturated rings. The molecule has 0 atom stereocenters. The van der Waals surface area contributed by atoms with Crippen LogP contribution in [-0.2, 0) is 4.79 Å². The molecule has 1 aromatic heterocycles. The Kier molecular flexibility index (Phi) is 3.05. The second-order valence-electron chi connectivity index (χ2n) is 3.59. The Balaban J connectivity index is 2.45. The number of benzene rings is 1. The van der Waals surface area contributed by atoms with Crippen LogP contribution in [0.3, 0.4) is 0 Å². The van der Waals surface area contributed by atoms with Gasteiger partial charge >= 0.3 is 5.97 Å². The highest BCUT2D eigenvalue weighted by molar-refractivity contribution is 5.84. The molecule has 0 aliphatic rings. The summed E-state index contributed by atoms with van der Waals surface area (Å²) >= 11 is 0. The van der Waals surface area contributed by atoms with Crippen LogP contribution in [0.4, 0.5) is 0 Å². The molecule has 0 amide bonds. The zero-order valence-electron chi connectivity index (χ0n) is 9.48. The molecular formula is C11H10N4O3. The van der Waals surface area contributed by atoms with Crippen molar-refractivity contribution in [2.45, 2.75) is 6.92 Å². The van der Waals surface area contributed by atoms with Gasteiger partial charge in [-0.05, 0) is 47.2 Å². The minimum Gasteiger partial charge on any atom is -0.508 e. The number of aromatic hydroxyl groups is 1. The number of phenolic OH excluding ortho intramolecular Hbond substituents is 1. The average molecular weight is 246 g/mol. The molecule has 0 saturated heterocycles. The Bertz CT molecular complexity index is 619. The van der Waals surface area contributed by atoms with Gasteiger partial charge in [-0.25, -0.2) is 4.79 Å². The SMILES string of the molecule is Cc1cc(O)ccc1-n1nnnc1/C=C/C(=O)O. The van der Waals surface area contributed by atoms with Crippen LogP contribution in [0, 0.1) is 6.92 Å². The van der Waals surface area contributed by atoms with Gasteiger partial charge in [0.2, 0.25) is 0 Å². The van der Waals surface area contributed by atoms with Gasteiger partial charge in [-0.2, -0.15) is 4.68 Å². The van der Waals surface area contributed by atoms with Gasteiger partial charge in [-0.1, -0.05) is 0 Å². The summed E-state index contributed by atoms with van der Waals surface area (Å²) in [7, 11) is 0. The van der Waals surface area contributed by atoms with E-state index in [-0.39, 0.29) is 5.75 Å². The molecular weight excluding hydrogens is 236 g/mol. The number of carboxylic acid groups (broad SMARTS) is 1. The van der Waals surface area contributed by atoms with Crippen LogP contribution in [0.1, 0.15) is 11.4 Å². The molecule has 0 aliphatic heterocycles. The Labute approximate surface area is 102 Å². The lowest BCUT2D eigenvalue weighted by Gasteiger charge is -2.06. The van der Waals surface area contributed by atoms with E-state index in [0.717, 1.165) is 11.6 Å². The molecule has 7 nitrogen and oxygen atoms in total. The first kappa shape index (κ1) is 11.8. The maximum absolute atomic E-state index is 10.5. The first-order valence-corrected chi connectivity index (χ1v) is 5.07. The van der Waals surface area contributed by atoms with Crippen molar-refractivity contribution in [3.8, 4) is 11.4 Å². The van der Waals surface area contributed by atoms with E-state index in [1.54, 1.807) is 19.1 Å². The standard InChI is InChI=1S/C11H10N4O3/c1-7-6-8(16)2-3-9(7)15-10(12-13-14-15)4-5-11(17)18/h2-6,16H,1H3,(H,17,18)/b5-4+. The lowest BCUT2D eigenvalue weighted by Crippen LogP contribution is -2.02. The van der Waals surface area contributed by atoms with Gasteiger partial charge < -0.3 is 10.2 Å². The van der Waals surface area contributed by atoms with Gasteiger partial charge in [-0.15, -0.1) is 5.10 Å². The summed E-state index contributed by atoms with van der Waals surface area (Å²) in [6.45, 7) is 1.79. The van der Waals surface area contributed by atoms with Crippen LogP contribution >= 0.6 is 0 Å². The lowest BCUT2D eigenvalue weighted by molar-refractivity contribution is -0.131. The van der Waals surface area contributed by atoms with Gasteiger partial charge in [0, 0.05) is 6.08 Å². The van der Waals surface area contributed by atoms with Gasteiger partial charge in [-0.3, -0.25) is 0 Å². The number of rotatable bonds is 3. The number of hydrogen-bond donors (Lipinski definition) is 2. The zero-order chi connectivity index (χ0) is 13.1. The molecule has 2 aromatic rings. The summed E-state index contributed by atoms with van der Waals surface area (Å²) in [5.74, 6) is -0.634. The molecule has 2 rings (SSSR count). The number of tetrazole rings is 1. The van der Waals surface area contributed by atoms with E-state index in [9.17, 15) is 9.90 Å². The van der Waals surface area contributed by atoms with Crippen LogP contribution in [0.2, 0.25) is 0 Å². The summed E-state index contributed by atoms with van der Waals surface area (Å²) in [5.41, 5.74) is 1.44. The normalized spacial score (nSPS) is 10.9. The van der Waals surface area contributed by atoms with Crippen molar-refractivity contribution in [2.24, 2.45) is 0 Å². The molecule has 1 heterocycles. The predicted molar refractivity (Wildman–Crippen MR) is 62.2 cm³/mol. The smallest absolute Gasteiger partial charge is 0.328 e. The summed E-state index contributed by atoms with van der Waals surface area (Å²) in [5, 5.41) is 28.9. The topological polar surface area (TPSA) is 101 Å². The molecule has 1 aromatic carbocycles. The molecule has 18 heavy (non-hydrogen) atoms. The van der Waals surface area contributed by atoms with E-state index < -0.39 is 5.97 Å². The van der Waals surface area contributed by atoms with Crippen molar-refractivity contribution < 1.29 is 15.0 Å². The molecule has 0 unspecified atom stereocenters. The first-order chi connectivity index (χ1) is 8.58. The van der Waals surface area contributed by atoms with Crippen molar-refractivity contribution in [1.82, 2.24) is 20.2 Å². The van der Waals surface area contributed by atoms with Crippen LogP contribution in [0.15, 0.2) is 24.3 Å². The minimum absolute atomic E-state index is 0.145. The minimum atomic E-state index is -1.08. The van der Waals surface area contributed by atoms with E-state index in [1.807, 2.05) is 0 Å². The lowest BCUT2D eigenvalue weighted by atomic mass is 10.2. The van der Waals surface area contributed by atoms with E-state index in [1.165, 1.54) is 16.8 Å². The van der Waals surface area contributed by atoms with Gasteiger partial charge in [0.25, 0.3) is 0 Å². The van der Waals surface area contributed by atoms with Crippen LogP contribution in [-0.4, -0.2) is 36.4 Å². The van der Waals surface area contributed by atoms with E-state index in [4.69, 9.17) is 5.11 Å². The fraction of sp³-hybridized carbons (Fsp3) is 0.0909. The average Bonchev–Trinajstić information content (AvgIpc) is 2.74. The number of aryl methyl sites for hydroxylation is 1. The van der Waals surface area contributed by atoms with Crippen molar-refractivity contribution in [1.29, 1.82) is 0 Å². The monoisotopic (exact) mass is 246 g/mol. The Morgan fingerprint density at radius 1 is 1.44 bits per heavy atom. The van der Waals surface area contributed by atoms with Crippen LogP contribution in [0.5, 0.6) is 5.75 Å². The summed E-state index contributed by atoms with van der Waals surface area (Å²) in [4.78, 5) is 10.5. The third-order valence-corrected chi connectivity index (χ3v) is 2.28. The first-order valence-electron chi connectivity index (χ1n) is 5.07. The van der Waals surface area contributed by atoms with E-state index >= 15 is 0 Å². The third-order valence-electron chi connectivity index (χ3n) is 2.28. The fourth-order valence-electron chi connectivity index (χ4n) is 1.49. The number of phenols is 1. The molecule has 0 bridgehead atoms. The molecule has 0 saturated carbocycles. The summed E-state index contributed by atoms with van der Waals surface area (Å²) < 4.78 is 1.40. The zero-order valence-corrected chi connectivity index (χ0v) is 9.48. The van der Waals surface area contributed by atoms with Gasteiger partial charge in [0.05, 0.1) is 5.69 Å². The van der Waals surface area contributed by atoms with Crippen molar-refractivity contribution in [3.05, 3.63) is 35.7 Å². The van der Waals surface area contributed by atoms with Crippen molar-refractivity contribution >= 4 is 12.0 Å². The Morgan fingerprint density at radius 2 is 2.22 bits per heavy atom. The van der Waals surface area contributed by atoms with Crippen molar-refractivity contribution in [3.63, 3.8) is 0 Å². The second kappa shape index (κ2) is 4.66. The van der Waals surface area contributed by atoms with Crippen molar-refractivity contribution in [2.75, 3.05) is 0 Å². The van der Waals surface area contributed by atoms with Crippen LogP contribution < -0.4 is 0 Å². The van der Waals surface area contributed by atoms with Gasteiger partial charge in [0.1, 0.15) is 5.75 Å². The predicted octanol–water partition coefficient (Wildman–Crippen LogP) is 0.774. The Morgan fingerprint density at radius 3 is 2.89 bits per heavy atom. The highest BCUT2D eigenvalue weighted by atomic mass is 16.4. The Hall–Kier alpha value is -2.70. The van der Waals surface area contributed by atoms with E-state index in [0.29, 0.717) is 11.5 Å². The molecule has 7 heteroatoms. The highest BCUT2D eigenvalue weighted by Crippen LogP contribution is 2.19. The number of nitrogens with zero attached hydrogens (tertiary/aromatic N) is 4. The van der Waals surface area contributed by atoms with Crippen LogP contribution in [0.25, 0.3) is 11.8 Å². The number of carbonyl (C=O) groups is 1. The molecule has 0 spiro atoms. The molecule has 92 valence electrons. The maximum atomic E-state index is 10.5. The van der Waals surface area contributed by atoms with E-state index in [2.05, 4.69) is 15.5 Å². The molecule has 0 aliphatic carbocycles. The number of carboxylic acids is 1. The molecule has 0 radical (unpaired) electrons.